The quantitative estimate of drug-likeness (QED) is 0.471. The van der Waals surface area contributed by atoms with Crippen LogP contribution in [0.1, 0.15) is 21.5 Å². The Morgan fingerprint density at radius 3 is 2.29 bits per heavy atom. The van der Waals surface area contributed by atoms with Gasteiger partial charge in [-0.3, -0.25) is 9.52 Å². The Kier molecular flexibility index (Phi) is 7.85. The zero-order chi connectivity index (χ0) is 25.8. The molecular formula is C25H27FN2O6S. The average Bonchev–Trinajstić information content (AvgIpc) is 2.84. The standard InChI is InChI=1S/C25H27FN2O6S/c1-16-10-12-18(35(30,31)27-21-9-7-6-8-20(21)26)14-19(16)25(29)28(2)15-17-11-13-22(32-3)24(34-5)23(17)33-4/h6-14,27H,15H2,1-5H3. The summed E-state index contributed by atoms with van der Waals surface area (Å²) in [5.41, 5.74) is 1.27. The number of hydrogen-bond acceptors (Lipinski definition) is 6. The second-order valence-electron chi connectivity index (χ2n) is 7.72. The second kappa shape index (κ2) is 10.6. The fourth-order valence-corrected chi connectivity index (χ4v) is 4.66. The Morgan fingerprint density at radius 1 is 0.971 bits per heavy atom. The second-order valence-corrected chi connectivity index (χ2v) is 9.40. The van der Waals surface area contributed by atoms with E-state index in [-0.39, 0.29) is 22.7 Å². The van der Waals surface area contributed by atoms with Crippen molar-refractivity contribution in [2.75, 3.05) is 33.1 Å². The highest BCUT2D eigenvalue weighted by Gasteiger charge is 2.23. The first-order valence-electron chi connectivity index (χ1n) is 10.5. The number of ether oxygens (including phenoxy) is 3. The van der Waals surface area contributed by atoms with E-state index in [1.807, 2.05) is 0 Å². The molecule has 0 aliphatic rings. The van der Waals surface area contributed by atoms with Crippen LogP contribution in [0, 0.1) is 12.7 Å². The van der Waals surface area contributed by atoms with Gasteiger partial charge in [0.2, 0.25) is 5.75 Å². The van der Waals surface area contributed by atoms with Crippen molar-refractivity contribution in [1.29, 1.82) is 0 Å². The van der Waals surface area contributed by atoms with E-state index < -0.39 is 21.7 Å². The van der Waals surface area contributed by atoms with E-state index in [1.165, 1.54) is 62.6 Å². The van der Waals surface area contributed by atoms with Crippen LogP contribution < -0.4 is 18.9 Å². The lowest BCUT2D eigenvalue weighted by atomic mass is 10.1. The average molecular weight is 503 g/mol. The van der Waals surface area contributed by atoms with Crippen LogP contribution in [0.5, 0.6) is 17.2 Å². The molecule has 3 rings (SSSR count). The first kappa shape index (κ1) is 25.8. The minimum Gasteiger partial charge on any atom is -0.493 e. The number of para-hydroxylation sites is 1. The van der Waals surface area contributed by atoms with Gasteiger partial charge >= 0.3 is 0 Å². The number of sulfonamides is 1. The Bertz CT molecular complexity index is 1340. The summed E-state index contributed by atoms with van der Waals surface area (Å²) in [4.78, 5) is 14.6. The van der Waals surface area contributed by atoms with E-state index in [0.717, 1.165) is 6.07 Å². The number of nitrogens with one attached hydrogen (secondary N) is 1. The van der Waals surface area contributed by atoms with Gasteiger partial charge in [0.15, 0.2) is 11.5 Å². The van der Waals surface area contributed by atoms with Crippen molar-refractivity contribution in [3.05, 3.63) is 77.1 Å². The Morgan fingerprint density at radius 2 is 1.66 bits per heavy atom. The highest BCUT2D eigenvalue weighted by atomic mass is 32.2. The fraction of sp³-hybridized carbons (Fsp3) is 0.240. The topological polar surface area (TPSA) is 94.2 Å². The number of amides is 1. The highest BCUT2D eigenvalue weighted by molar-refractivity contribution is 7.92. The number of nitrogens with zero attached hydrogens (tertiary/aromatic N) is 1. The summed E-state index contributed by atoms with van der Waals surface area (Å²) in [5.74, 6) is 0.203. The van der Waals surface area contributed by atoms with Crippen LogP contribution in [0.2, 0.25) is 0 Å². The van der Waals surface area contributed by atoms with Gasteiger partial charge in [-0.15, -0.1) is 0 Å². The molecule has 186 valence electrons. The molecule has 35 heavy (non-hydrogen) atoms. The predicted octanol–water partition coefficient (Wildman–Crippen LogP) is 4.23. The monoisotopic (exact) mass is 502 g/mol. The summed E-state index contributed by atoms with van der Waals surface area (Å²) in [6.45, 7) is 1.87. The molecule has 8 nitrogen and oxygen atoms in total. The predicted molar refractivity (Wildman–Crippen MR) is 130 cm³/mol. The number of benzene rings is 3. The molecule has 1 amide bonds. The van der Waals surface area contributed by atoms with Crippen LogP contribution in [0.25, 0.3) is 0 Å². The van der Waals surface area contributed by atoms with Crippen LogP contribution in [-0.4, -0.2) is 47.6 Å². The molecule has 0 radical (unpaired) electrons. The number of carbonyl (C=O) groups is 1. The van der Waals surface area contributed by atoms with Crippen LogP contribution in [0.4, 0.5) is 10.1 Å². The van der Waals surface area contributed by atoms with E-state index >= 15 is 0 Å². The summed E-state index contributed by atoms with van der Waals surface area (Å²) in [7, 11) is 1.95. The smallest absolute Gasteiger partial charge is 0.262 e. The Labute approximate surface area is 204 Å². The fourth-order valence-electron chi connectivity index (χ4n) is 3.57. The molecule has 0 bridgehead atoms. The first-order valence-corrected chi connectivity index (χ1v) is 12.0. The lowest BCUT2D eigenvalue weighted by molar-refractivity contribution is 0.0783. The molecule has 0 atom stereocenters. The molecule has 0 saturated carbocycles. The van der Waals surface area contributed by atoms with Crippen molar-refractivity contribution in [3.8, 4) is 17.2 Å². The van der Waals surface area contributed by atoms with Crippen molar-refractivity contribution in [2.24, 2.45) is 0 Å². The van der Waals surface area contributed by atoms with E-state index in [1.54, 1.807) is 26.1 Å². The normalized spacial score (nSPS) is 11.0. The van der Waals surface area contributed by atoms with Gasteiger partial charge in [0.25, 0.3) is 15.9 Å². The molecule has 10 heteroatoms. The van der Waals surface area contributed by atoms with Crippen molar-refractivity contribution >= 4 is 21.6 Å². The van der Waals surface area contributed by atoms with Gasteiger partial charge in [-0.1, -0.05) is 18.2 Å². The molecule has 0 aliphatic heterocycles. The van der Waals surface area contributed by atoms with E-state index in [4.69, 9.17) is 14.2 Å². The summed E-state index contributed by atoms with van der Waals surface area (Å²) in [5, 5.41) is 0. The molecule has 3 aromatic rings. The lowest BCUT2D eigenvalue weighted by Gasteiger charge is -2.22. The molecular weight excluding hydrogens is 475 g/mol. The lowest BCUT2D eigenvalue weighted by Crippen LogP contribution is -2.27. The molecule has 0 aliphatic carbocycles. The molecule has 0 aromatic heterocycles. The summed E-state index contributed by atoms with van der Waals surface area (Å²) >= 11 is 0. The molecule has 0 spiro atoms. The van der Waals surface area contributed by atoms with Gasteiger partial charge in [-0.05, 0) is 48.9 Å². The summed E-state index contributed by atoms with van der Waals surface area (Å²) < 4.78 is 58.1. The van der Waals surface area contributed by atoms with Gasteiger partial charge in [0.05, 0.1) is 31.9 Å². The van der Waals surface area contributed by atoms with E-state index in [2.05, 4.69) is 4.72 Å². The SMILES string of the molecule is COc1ccc(CN(C)C(=O)c2cc(S(=O)(=O)Nc3ccccc3F)ccc2C)c(OC)c1OC. The van der Waals surface area contributed by atoms with Crippen molar-refractivity contribution < 1.29 is 31.8 Å². The van der Waals surface area contributed by atoms with Crippen molar-refractivity contribution in [3.63, 3.8) is 0 Å². The van der Waals surface area contributed by atoms with Gasteiger partial charge in [-0.2, -0.15) is 0 Å². The minimum absolute atomic E-state index is 0.159. The zero-order valence-corrected chi connectivity index (χ0v) is 20.9. The third-order valence-corrected chi connectivity index (χ3v) is 6.77. The number of halogens is 1. The molecule has 0 unspecified atom stereocenters. The van der Waals surface area contributed by atoms with Gasteiger partial charge in [0.1, 0.15) is 5.82 Å². The largest absolute Gasteiger partial charge is 0.493 e. The number of anilines is 1. The third-order valence-electron chi connectivity index (χ3n) is 5.41. The highest BCUT2D eigenvalue weighted by Crippen LogP contribution is 2.40. The molecule has 3 aromatic carbocycles. The number of aryl methyl sites for hydroxylation is 1. The first-order chi connectivity index (χ1) is 16.6. The van der Waals surface area contributed by atoms with Crippen molar-refractivity contribution in [2.45, 2.75) is 18.4 Å². The Hall–Kier alpha value is -3.79. The Balaban J connectivity index is 1.90. The maximum absolute atomic E-state index is 14.0. The van der Waals surface area contributed by atoms with E-state index in [9.17, 15) is 17.6 Å². The number of hydrogen-bond donors (Lipinski definition) is 1. The van der Waals surface area contributed by atoms with Crippen molar-refractivity contribution in [1.82, 2.24) is 4.90 Å². The van der Waals surface area contributed by atoms with Crippen LogP contribution in [-0.2, 0) is 16.6 Å². The van der Waals surface area contributed by atoms with Gasteiger partial charge in [-0.25, -0.2) is 12.8 Å². The number of methoxy groups -OCH3 is 3. The van der Waals surface area contributed by atoms with Crippen LogP contribution >= 0.6 is 0 Å². The number of carbonyl (C=O) groups excluding carboxylic acids is 1. The third kappa shape index (κ3) is 5.48. The summed E-state index contributed by atoms with van der Waals surface area (Å²) in [6.07, 6.45) is 0. The van der Waals surface area contributed by atoms with Gasteiger partial charge in [0, 0.05) is 24.7 Å². The molecule has 0 heterocycles. The molecule has 0 fully saturated rings. The maximum atomic E-state index is 14.0. The zero-order valence-electron chi connectivity index (χ0n) is 20.1. The molecule has 1 N–H and O–H groups in total. The van der Waals surface area contributed by atoms with E-state index in [0.29, 0.717) is 28.4 Å². The summed E-state index contributed by atoms with van der Waals surface area (Å²) in [6, 6.07) is 13.1. The van der Waals surface area contributed by atoms with Crippen LogP contribution in [0.15, 0.2) is 59.5 Å². The number of rotatable bonds is 9. The maximum Gasteiger partial charge on any atom is 0.262 e. The van der Waals surface area contributed by atoms with Gasteiger partial charge < -0.3 is 19.1 Å². The molecule has 0 saturated heterocycles. The van der Waals surface area contributed by atoms with Crippen LogP contribution in [0.3, 0.4) is 0 Å². The minimum atomic E-state index is -4.13.